The molecule has 1 heterocycles. The van der Waals surface area contributed by atoms with Crippen LogP contribution in [0.3, 0.4) is 0 Å². The van der Waals surface area contributed by atoms with Gasteiger partial charge in [0, 0.05) is 12.2 Å². The fourth-order valence-electron chi connectivity index (χ4n) is 1.96. The zero-order valence-electron chi connectivity index (χ0n) is 11.4. The fourth-order valence-corrected chi connectivity index (χ4v) is 1.96. The van der Waals surface area contributed by atoms with Crippen LogP contribution in [0.4, 0.5) is 0 Å². The average molecular weight is 258 g/mol. The number of hydrogen-bond donors (Lipinski definition) is 2. The Morgan fingerprint density at radius 2 is 2.16 bits per heavy atom. The van der Waals surface area contributed by atoms with Gasteiger partial charge in [-0.2, -0.15) is 0 Å². The number of ether oxygens (including phenoxy) is 1. The highest BCUT2D eigenvalue weighted by molar-refractivity contribution is 5.97. The van der Waals surface area contributed by atoms with Crippen LogP contribution in [-0.2, 0) is 6.54 Å². The van der Waals surface area contributed by atoms with Crippen LogP contribution < -0.4 is 10.5 Å². The van der Waals surface area contributed by atoms with Crippen molar-refractivity contribution in [2.45, 2.75) is 20.4 Å². The molecule has 2 rings (SSSR count). The normalized spacial score (nSPS) is 10.5. The molecule has 0 unspecified atom stereocenters. The zero-order chi connectivity index (χ0) is 14.0. The van der Waals surface area contributed by atoms with E-state index < -0.39 is 0 Å². The Morgan fingerprint density at radius 1 is 1.42 bits per heavy atom. The van der Waals surface area contributed by atoms with E-state index in [9.17, 15) is 0 Å². The number of nitrogen functional groups attached to an aromatic ring is 1. The van der Waals surface area contributed by atoms with Crippen molar-refractivity contribution >= 4 is 5.84 Å². The molecule has 0 aliphatic rings. The van der Waals surface area contributed by atoms with Crippen LogP contribution in [0.25, 0.3) is 0 Å². The van der Waals surface area contributed by atoms with Crippen molar-refractivity contribution in [3.63, 3.8) is 0 Å². The molecule has 0 saturated carbocycles. The maximum atomic E-state index is 7.49. The summed E-state index contributed by atoms with van der Waals surface area (Å²) >= 11 is 0. The van der Waals surface area contributed by atoms with E-state index in [1.54, 1.807) is 7.11 Å². The third-order valence-corrected chi connectivity index (χ3v) is 3.25. The number of amidine groups is 1. The number of benzene rings is 1. The summed E-state index contributed by atoms with van der Waals surface area (Å²) in [5.74, 6) is 0.637. The maximum Gasteiger partial charge on any atom is 0.130 e. The standard InChI is InChI=1S/C14H18N4O/c1-9-10(2)18(8-17-9)7-11-4-5-12(14(15)16)13(6-11)19-3/h4-6,8H,7H2,1-3H3,(H3,15,16). The Balaban J connectivity index is 2.31. The number of aryl methyl sites for hydroxylation is 1. The van der Waals surface area contributed by atoms with Crippen molar-refractivity contribution in [3.05, 3.63) is 47.0 Å². The largest absolute Gasteiger partial charge is 0.496 e. The molecule has 0 bridgehead atoms. The highest BCUT2D eigenvalue weighted by Gasteiger charge is 2.08. The minimum absolute atomic E-state index is 0.0121. The van der Waals surface area contributed by atoms with E-state index >= 15 is 0 Å². The van der Waals surface area contributed by atoms with Crippen molar-refractivity contribution in [1.82, 2.24) is 9.55 Å². The molecule has 19 heavy (non-hydrogen) atoms. The minimum Gasteiger partial charge on any atom is -0.496 e. The van der Waals surface area contributed by atoms with Crippen LogP contribution in [0, 0.1) is 19.3 Å². The van der Waals surface area contributed by atoms with Crippen molar-refractivity contribution in [3.8, 4) is 5.75 Å². The fraction of sp³-hybridized carbons (Fsp3) is 0.286. The van der Waals surface area contributed by atoms with Gasteiger partial charge in [-0.3, -0.25) is 5.41 Å². The van der Waals surface area contributed by atoms with Gasteiger partial charge < -0.3 is 15.0 Å². The number of rotatable bonds is 4. The van der Waals surface area contributed by atoms with Gasteiger partial charge in [0.15, 0.2) is 0 Å². The predicted octanol–water partition coefficient (Wildman–Crippen LogP) is 1.84. The smallest absolute Gasteiger partial charge is 0.130 e. The average Bonchev–Trinajstić information content (AvgIpc) is 2.70. The molecular formula is C14H18N4O. The Labute approximate surface area is 112 Å². The number of aromatic nitrogens is 2. The first-order valence-electron chi connectivity index (χ1n) is 6.02. The number of hydrogen-bond acceptors (Lipinski definition) is 3. The van der Waals surface area contributed by atoms with Crippen LogP contribution >= 0.6 is 0 Å². The molecule has 100 valence electrons. The van der Waals surface area contributed by atoms with E-state index in [1.165, 1.54) is 0 Å². The summed E-state index contributed by atoms with van der Waals surface area (Å²) in [6, 6.07) is 5.68. The van der Waals surface area contributed by atoms with E-state index in [0.717, 1.165) is 23.5 Å². The van der Waals surface area contributed by atoms with Gasteiger partial charge in [0.25, 0.3) is 0 Å². The van der Waals surface area contributed by atoms with Crippen LogP contribution in [0.1, 0.15) is 22.5 Å². The number of nitrogens with two attached hydrogens (primary N) is 1. The highest BCUT2D eigenvalue weighted by Crippen LogP contribution is 2.21. The quantitative estimate of drug-likeness (QED) is 0.649. The molecule has 0 saturated heterocycles. The SMILES string of the molecule is COc1cc(Cn2cnc(C)c2C)ccc1C(=N)N. The lowest BCUT2D eigenvalue weighted by atomic mass is 10.1. The van der Waals surface area contributed by atoms with Crippen molar-refractivity contribution in [1.29, 1.82) is 5.41 Å². The zero-order valence-corrected chi connectivity index (χ0v) is 11.4. The lowest BCUT2D eigenvalue weighted by Crippen LogP contribution is -2.13. The number of nitrogens with zero attached hydrogens (tertiary/aromatic N) is 2. The molecule has 0 spiro atoms. The Morgan fingerprint density at radius 3 is 2.68 bits per heavy atom. The summed E-state index contributed by atoms with van der Waals surface area (Å²) < 4.78 is 7.36. The summed E-state index contributed by atoms with van der Waals surface area (Å²) in [7, 11) is 1.58. The van der Waals surface area contributed by atoms with Crippen molar-refractivity contribution in [2.75, 3.05) is 7.11 Å². The molecule has 2 aromatic rings. The first-order chi connectivity index (χ1) is 9.02. The number of imidazole rings is 1. The third-order valence-electron chi connectivity index (χ3n) is 3.25. The summed E-state index contributed by atoms with van der Waals surface area (Å²) in [6.07, 6.45) is 1.83. The highest BCUT2D eigenvalue weighted by atomic mass is 16.5. The number of methoxy groups -OCH3 is 1. The Bertz CT molecular complexity index is 616. The summed E-state index contributed by atoms with van der Waals surface area (Å²) in [4.78, 5) is 4.28. The first-order valence-corrected chi connectivity index (χ1v) is 6.02. The molecule has 0 aliphatic heterocycles. The van der Waals surface area contributed by atoms with E-state index in [-0.39, 0.29) is 5.84 Å². The van der Waals surface area contributed by atoms with E-state index in [2.05, 4.69) is 9.55 Å². The molecule has 0 amide bonds. The van der Waals surface area contributed by atoms with Crippen LogP contribution in [0.5, 0.6) is 5.75 Å². The van der Waals surface area contributed by atoms with Gasteiger partial charge in [-0.25, -0.2) is 4.98 Å². The Kier molecular flexibility index (Phi) is 3.55. The van der Waals surface area contributed by atoms with Gasteiger partial charge in [-0.15, -0.1) is 0 Å². The molecule has 0 atom stereocenters. The second kappa shape index (κ2) is 5.14. The van der Waals surface area contributed by atoms with Crippen molar-refractivity contribution in [2.24, 2.45) is 5.73 Å². The minimum atomic E-state index is 0.0121. The second-order valence-corrected chi connectivity index (χ2v) is 4.49. The van der Waals surface area contributed by atoms with Gasteiger partial charge >= 0.3 is 0 Å². The molecule has 0 radical (unpaired) electrons. The molecule has 1 aromatic heterocycles. The molecule has 0 aliphatic carbocycles. The molecule has 0 fully saturated rings. The number of nitrogens with one attached hydrogen (secondary N) is 1. The van der Waals surface area contributed by atoms with Crippen LogP contribution in [0.2, 0.25) is 0 Å². The van der Waals surface area contributed by atoms with E-state index in [1.807, 2.05) is 38.4 Å². The van der Waals surface area contributed by atoms with Crippen molar-refractivity contribution < 1.29 is 4.74 Å². The monoisotopic (exact) mass is 258 g/mol. The first kappa shape index (κ1) is 13.1. The lowest BCUT2D eigenvalue weighted by Gasteiger charge is -2.11. The van der Waals surface area contributed by atoms with Crippen LogP contribution in [-0.4, -0.2) is 22.5 Å². The molecular weight excluding hydrogens is 240 g/mol. The topological polar surface area (TPSA) is 76.9 Å². The summed E-state index contributed by atoms with van der Waals surface area (Å²) in [5, 5.41) is 7.49. The summed E-state index contributed by atoms with van der Waals surface area (Å²) in [6.45, 7) is 4.76. The van der Waals surface area contributed by atoms with Gasteiger partial charge in [0.2, 0.25) is 0 Å². The predicted molar refractivity (Wildman–Crippen MR) is 74.8 cm³/mol. The van der Waals surface area contributed by atoms with Gasteiger partial charge in [-0.05, 0) is 31.5 Å². The molecule has 3 N–H and O–H groups in total. The van der Waals surface area contributed by atoms with Gasteiger partial charge in [0.1, 0.15) is 11.6 Å². The van der Waals surface area contributed by atoms with Gasteiger partial charge in [-0.1, -0.05) is 6.07 Å². The molecule has 5 heteroatoms. The second-order valence-electron chi connectivity index (χ2n) is 4.49. The molecule has 5 nitrogen and oxygen atoms in total. The lowest BCUT2D eigenvalue weighted by molar-refractivity contribution is 0.413. The van der Waals surface area contributed by atoms with Gasteiger partial charge in [0.05, 0.1) is 24.7 Å². The summed E-state index contributed by atoms with van der Waals surface area (Å²) in [5.41, 5.74) is 9.39. The van der Waals surface area contributed by atoms with E-state index in [0.29, 0.717) is 11.3 Å². The molecule has 1 aromatic carbocycles. The van der Waals surface area contributed by atoms with E-state index in [4.69, 9.17) is 15.9 Å². The maximum absolute atomic E-state index is 7.49. The van der Waals surface area contributed by atoms with Crippen LogP contribution in [0.15, 0.2) is 24.5 Å². The third kappa shape index (κ3) is 2.59. The Hall–Kier alpha value is -2.30.